The minimum atomic E-state index is 0.772. The molecule has 1 rings (SSSR count). The molecule has 0 heterocycles. The maximum Gasteiger partial charge on any atom is 0.123 e. The quantitative estimate of drug-likeness (QED) is 0.130. The summed E-state index contributed by atoms with van der Waals surface area (Å²) in [6.07, 6.45) is 19.3. The van der Waals surface area contributed by atoms with Crippen molar-refractivity contribution >= 4 is 31.9 Å². The van der Waals surface area contributed by atoms with Gasteiger partial charge in [-0.05, 0) is 18.6 Å². The van der Waals surface area contributed by atoms with Crippen molar-refractivity contribution < 1.29 is 9.47 Å². The standard InChI is InChI=1S/C25H42Br2O2/c1-3-4-5-6-7-8-9-10-11-12-13-14-15-16-17-29-25-19-22(20-26)24(28-2)18-23(25)21-27/h18-19H,3-17,20-21H2,1-2H3. The van der Waals surface area contributed by atoms with E-state index in [-0.39, 0.29) is 0 Å². The molecule has 2 nitrogen and oxygen atoms in total. The summed E-state index contributed by atoms with van der Waals surface area (Å²) in [5.41, 5.74) is 2.28. The fraction of sp³-hybridized carbons (Fsp3) is 0.760. The largest absolute Gasteiger partial charge is 0.496 e. The first-order valence-electron chi connectivity index (χ1n) is 11.7. The smallest absolute Gasteiger partial charge is 0.123 e. The minimum absolute atomic E-state index is 0.772. The molecule has 0 saturated carbocycles. The predicted molar refractivity (Wildman–Crippen MR) is 134 cm³/mol. The van der Waals surface area contributed by atoms with E-state index < -0.39 is 0 Å². The van der Waals surface area contributed by atoms with E-state index in [9.17, 15) is 0 Å². The molecule has 0 unspecified atom stereocenters. The second kappa shape index (κ2) is 18.5. The summed E-state index contributed by atoms with van der Waals surface area (Å²) >= 11 is 7.09. The van der Waals surface area contributed by atoms with Gasteiger partial charge in [0.05, 0.1) is 13.7 Å². The highest BCUT2D eigenvalue weighted by molar-refractivity contribution is 9.08. The molecule has 1 aromatic carbocycles. The molecule has 0 bridgehead atoms. The lowest BCUT2D eigenvalue weighted by Gasteiger charge is -2.14. The molecular formula is C25H42Br2O2. The number of ether oxygens (including phenoxy) is 2. The Bertz CT molecular complexity index is 520. The van der Waals surface area contributed by atoms with Gasteiger partial charge in [-0.3, -0.25) is 0 Å². The van der Waals surface area contributed by atoms with Crippen LogP contribution in [0.1, 0.15) is 108 Å². The second-order valence-corrected chi connectivity index (χ2v) is 9.11. The molecule has 0 spiro atoms. The molecule has 0 aliphatic rings. The van der Waals surface area contributed by atoms with Crippen LogP contribution in [0.2, 0.25) is 0 Å². The third kappa shape index (κ3) is 12.3. The lowest BCUT2D eigenvalue weighted by molar-refractivity contribution is 0.301. The summed E-state index contributed by atoms with van der Waals surface area (Å²) in [4.78, 5) is 0. The van der Waals surface area contributed by atoms with Crippen molar-refractivity contribution in [2.45, 2.75) is 107 Å². The topological polar surface area (TPSA) is 18.5 Å². The molecule has 0 N–H and O–H groups in total. The van der Waals surface area contributed by atoms with Gasteiger partial charge in [-0.2, -0.15) is 0 Å². The molecule has 4 heteroatoms. The summed E-state index contributed by atoms with van der Waals surface area (Å²) in [5, 5.41) is 1.55. The Morgan fingerprint density at radius 1 is 0.621 bits per heavy atom. The van der Waals surface area contributed by atoms with Crippen LogP contribution in [-0.4, -0.2) is 13.7 Å². The Balaban J connectivity index is 2.03. The molecule has 0 aromatic heterocycles. The van der Waals surface area contributed by atoms with E-state index in [0.29, 0.717) is 0 Å². The number of methoxy groups -OCH3 is 1. The highest BCUT2D eigenvalue weighted by atomic mass is 79.9. The zero-order valence-electron chi connectivity index (χ0n) is 18.7. The number of alkyl halides is 2. The van der Waals surface area contributed by atoms with Crippen molar-refractivity contribution in [1.82, 2.24) is 0 Å². The molecule has 29 heavy (non-hydrogen) atoms. The van der Waals surface area contributed by atoms with Gasteiger partial charge in [0, 0.05) is 21.8 Å². The zero-order valence-corrected chi connectivity index (χ0v) is 21.9. The van der Waals surface area contributed by atoms with Crippen LogP contribution >= 0.6 is 31.9 Å². The maximum atomic E-state index is 6.07. The van der Waals surface area contributed by atoms with Gasteiger partial charge in [-0.15, -0.1) is 0 Å². The molecule has 0 aliphatic carbocycles. The summed E-state index contributed by atoms with van der Waals surface area (Å²) in [6, 6.07) is 4.18. The van der Waals surface area contributed by atoms with Crippen molar-refractivity contribution in [2.24, 2.45) is 0 Å². The first-order chi connectivity index (χ1) is 14.3. The second-order valence-electron chi connectivity index (χ2n) is 7.98. The van der Waals surface area contributed by atoms with Crippen LogP contribution in [0.5, 0.6) is 11.5 Å². The maximum absolute atomic E-state index is 6.07. The molecule has 0 saturated heterocycles. The molecular weight excluding hydrogens is 492 g/mol. The average Bonchev–Trinajstić information content (AvgIpc) is 2.75. The molecule has 0 atom stereocenters. The third-order valence-corrected chi connectivity index (χ3v) is 6.72. The monoisotopic (exact) mass is 532 g/mol. The van der Waals surface area contributed by atoms with E-state index in [4.69, 9.17) is 9.47 Å². The van der Waals surface area contributed by atoms with E-state index in [0.717, 1.165) is 46.3 Å². The Hall–Kier alpha value is -0.220. The molecule has 0 amide bonds. The number of halogens is 2. The van der Waals surface area contributed by atoms with Gasteiger partial charge in [-0.25, -0.2) is 0 Å². The van der Waals surface area contributed by atoms with Crippen molar-refractivity contribution in [1.29, 1.82) is 0 Å². The Labute approximate surface area is 196 Å². The van der Waals surface area contributed by atoms with Gasteiger partial charge in [0.15, 0.2) is 0 Å². The van der Waals surface area contributed by atoms with Gasteiger partial charge < -0.3 is 9.47 Å². The molecule has 168 valence electrons. The summed E-state index contributed by atoms with van der Waals surface area (Å²) in [5.74, 6) is 1.90. The third-order valence-electron chi connectivity index (χ3n) is 5.51. The molecule has 0 radical (unpaired) electrons. The van der Waals surface area contributed by atoms with E-state index in [2.05, 4.69) is 50.9 Å². The van der Waals surface area contributed by atoms with Gasteiger partial charge in [-0.1, -0.05) is 122 Å². The van der Waals surface area contributed by atoms with Crippen LogP contribution in [0, 0.1) is 0 Å². The zero-order chi connectivity index (χ0) is 21.2. The Morgan fingerprint density at radius 2 is 1.03 bits per heavy atom. The first kappa shape index (κ1) is 26.8. The highest BCUT2D eigenvalue weighted by Crippen LogP contribution is 2.32. The SMILES string of the molecule is CCCCCCCCCCCCCCCCOc1cc(CBr)c(OC)cc1CBr. The number of hydrogen-bond acceptors (Lipinski definition) is 2. The summed E-state index contributed by atoms with van der Waals surface area (Å²) < 4.78 is 11.5. The van der Waals surface area contributed by atoms with Crippen molar-refractivity contribution in [2.75, 3.05) is 13.7 Å². The van der Waals surface area contributed by atoms with Crippen LogP contribution in [-0.2, 0) is 10.7 Å². The van der Waals surface area contributed by atoms with Crippen molar-refractivity contribution in [3.05, 3.63) is 23.3 Å². The van der Waals surface area contributed by atoms with Gasteiger partial charge in [0.1, 0.15) is 11.5 Å². The number of unbranched alkanes of at least 4 members (excludes halogenated alkanes) is 13. The van der Waals surface area contributed by atoms with E-state index in [1.807, 2.05) is 0 Å². The first-order valence-corrected chi connectivity index (χ1v) is 14.0. The average molecular weight is 534 g/mol. The Kier molecular flexibility index (Phi) is 17.1. The van der Waals surface area contributed by atoms with Crippen LogP contribution < -0.4 is 9.47 Å². The van der Waals surface area contributed by atoms with Crippen LogP contribution in [0.3, 0.4) is 0 Å². The van der Waals surface area contributed by atoms with Crippen molar-refractivity contribution in [3.63, 3.8) is 0 Å². The van der Waals surface area contributed by atoms with Gasteiger partial charge in [0.25, 0.3) is 0 Å². The normalized spacial score (nSPS) is 11.0. The summed E-state index contributed by atoms with van der Waals surface area (Å²) in [6.45, 7) is 3.08. The van der Waals surface area contributed by atoms with Gasteiger partial charge >= 0.3 is 0 Å². The molecule has 0 fully saturated rings. The Morgan fingerprint density at radius 3 is 1.48 bits per heavy atom. The van der Waals surface area contributed by atoms with E-state index in [1.54, 1.807) is 7.11 Å². The fourth-order valence-corrected chi connectivity index (χ4v) is 4.53. The van der Waals surface area contributed by atoms with Crippen LogP contribution in [0.25, 0.3) is 0 Å². The number of hydrogen-bond donors (Lipinski definition) is 0. The minimum Gasteiger partial charge on any atom is -0.496 e. The van der Waals surface area contributed by atoms with E-state index in [1.165, 1.54) is 83.5 Å². The number of benzene rings is 1. The van der Waals surface area contributed by atoms with Gasteiger partial charge in [0.2, 0.25) is 0 Å². The number of rotatable bonds is 19. The fourth-order valence-electron chi connectivity index (χ4n) is 3.66. The van der Waals surface area contributed by atoms with Crippen LogP contribution in [0.15, 0.2) is 12.1 Å². The molecule has 0 aliphatic heterocycles. The van der Waals surface area contributed by atoms with E-state index >= 15 is 0 Å². The predicted octanol–water partition coefficient (Wildman–Crippen LogP) is 9.35. The lowest BCUT2D eigenvalue weighted by Crippen LogP contribution is -2.02. The summed E-state index contributed by atoms with van der Waals surface area (Å²) in [7, 11) is 1.72. The lowest BCUT2D eigenvalue weighted by atomic mass is 10.0. The highest BCUT2D eigenvalue weighted by Gasteiger charge is 2.10. The van der Waals surface area contributed by atoms with Crippen LogP contribution in [0.4, 0.5) is 0 Å². The molecule has 1 aromatic rings. The van der Waals surface area contributed by atoms with Crippen molar-refractivity contribution in [3.8, 4) is 11.5 Å².